The number of hydrogen-bond donors (Lipinski definition) is 3. The lowest BCUT2D eigenvalue weighted by Crippen LogP contribution is -1.99. The maximum absolute atomic E-state index is 6.00. The van der Waals surface area contributed by atoms with Gasteiger partial charge in [0, 0.05) is 24.0 Å². The van der Waals surface area contributed by atoms with Crippen molar-refractivity contribution < 1.29 is 0 Å². The van der Waals surface area contributed by atoms with Crippen LogP contribution in [0.25, 0.3) is 0 Å². The minimum atomic E-state index is 0.624. The fourth-order valence-electron chi connectivity index (χ4n) is 1.25. The predicted molar refractivity (Wildman–Crippen MR) is 61.8 cm³/mol. The lowest BCUT2D eigenvalue weighted by atomic mass is 10.2. The van der Waals surface area contributed by atoms with E-state index in [0.717, 1.165) is 11.3 Å². The summed E-state index contributed by atoms with van der Waals surface area (Å²) in [5, 5.41) is 10.4. The first-order valence-electron chi connectivity index (χ1n) is 4.52. The molecular formula is C10H11ClN4. The second kappa shape index (κ2) is 4.23. The summed E-state index contributed by atoms with van der Waals surface area (Å²) < 4.78 is 0. The smallest absolute Gasteiger partial charge is 0.0658 e. The Hall–Kier alpha value is -1.68. The van der Waals surface area contributed by atoms with E-state index < -0.39 is 0 Å². The van der Waals surface area contributed by atoms with Crippen LogP contribution in [0.3, 0.4) is 0 Å². The number of benzene rings is 1. The van der Waals surface area contributed by atoms with Crippen LogP contribution in [0.15, 0.2) is 30.6 Å². The van der Waals surface area contributed by atoms with E-state index in [1.165, 1.54) is 0 Å². The molecule has 0 fully saturated rings. The van der Waals surface area contributed by atoms with Crippen LogP contribution in [-0.4, -0.2) is 10.2 Å². The van der Waals surface area contributed by atoms with E-state index in [-0.39, 0.29) is 0 Å². The molecule has 0 amide bonds. The minimum absolute atomic E-state index is 0.624. The molecule has 5 heteroatoms. The van der Waals surface area contributed by atoms with Gasteiger partial charge >= 0.3 is 0 Å². The summed E-state index contributed by atoms with van der Waals surface area (Å²) in [6.45, 7) is 0.681. The summed E-state index contributed by atoms with van der Waals surface area (Å²) in [5.74, 6) is 0. The number of nitrogens with two attached hydrogens (primary N) is 1. The van der Waals surface area contributed by atoms with Gasteiger partial charge in [0.15, 0.2) is 0 Å². The van der Waals surface area contributed by atoms with E-state index in [2.05, 4.69) is 15.5 Å². The molecule has 0 atom stereocenters. The van der Waals surface area contributed by atoms with E-state index in [9.17, 15) is 0 Å². The Balaban J connectivity index is 2.05. The molecule has 0 aliphatic carbocycles. The van der Waals surface area contributed by atoms with Crippen molar-refractivity contribution in [1.29, 1.82) is 0 Å². The SMILES string of the molecule is Nc1ccc(NCc2cn[nH]c2)c(Cl)c1. The van der Waals surface area contributed by atoms with Crippen LogP contribution >= 0.6 is 11.6 Å². The Kier molecular flexibility index (Phi) is 2.78. The number of rotatable bonds is 3. The fourth-order valence-corrected chi connectivity index (χ4v) is 1.50. The average Bonchev–Trinajstić information content (AvgIpc) is 2.69. The summed E-state index contributed by atoms with van der Waals surface area (Å²) >= 11 is 6.00. The van der Waals surface area contributed by atoms with Crippen LogP contribution in [0.1, 0.15) is 5.56 Å². The quantitative estimate of drug-likeness (QED) is 0.698. The summed E-state index contributed by atoms with van der Waals surface area (Å²) in [7, 11) is 0. The zero-order valence-corrected chi connectivity index (χ0v) is 8.75. The number of anilines is 2. The van der Waals surface area contributed by atoms with Crippen LogP contribution in [0, 0.1) is 0 Å². The van der Waals surface area contributed by atoms with E-state index >= 15 is 0 Å². The van der Waals surface area contributed by atoms with Crippen LogP contribution < -0.4 is 11.1 Å². The van der Waals surface area contributed by atoms with Crippen molar-refractivity contribution in [2.45, 2.75) is 6.54 Å². The van der Waals surface area contributed by atoms with E-state index in [0.29, 0.717) is 17.3 Å². The summed E-state index contributed by atoms with van der Waals surface area (Å²) in [5.41, 5.74) is 8.19. The van der Waals surface area contributed by atoms with Gasteiger partial charge in [0.25, 0.3) is 0 Å². The van der Waals surface area contributed by atoms with Crippen molar-refractivity contribution in [3.05, 3.63) is 41.2 Å². The highest BCUT2D eigenvalue weighted by Gasteiger charge is 2.00. The Morgan fingerprint density at radius 3 is 3.00 bits per heavy atom. The minimum Gasteiger partial charge on any atom is -0.399 e. The molecule has 0 radical (unpaired) electrons. The molecule has 0 spiro atoms. The van der Waals surface area contributed by atoms with Gasteiger partial charge in [-0.2, -0.15) is 5.10 Å². The van der Waals surface area contributed by atoms with Gasteiger partial charge in [-0.05, 0) is 18.2 Å². The highest BCUT2D eigenvalue weighted by molar-refractivity contribution is 6.33. The molecule has 1 heterocycles. The van der Waals surface area contributed by atoms with Crippen molar-refractivity contribution in [3.8, 4) is 0 Å². The Morgan fingerprint density at radius 1 is 1.47 bits per heavy atom. The number of nitrogen functional groups attached to an aromatic ring is 1. The number of H-pyrrole nitrogens is 1. The number of aromatic nitrogens is 2. The van der Waals surface area contributed by atoms with Gasteiger partial charge in [-0.3, -0.25) is 5.10 Å². The lowest BCUT2D eigenvalue weighted by molar-refractivity contribution is 1.09. The number of aromatic amines is 1. The third-order valence-electron chi connectivity index (χ3n) is 2.03. The molecule has 0 aliphatic rings. The third kappa shape index (κ3) is 2.41. The molecule has 4 N–H and O–H groups in total. The molecule has 4 nitrogen and oxygen atoms in total. The van der Waals surface area contributed by atoms with Crippen molar-refractivity contribution in [3.63, 3.8) is 0 Å². The van der Waals surface area contributed by atoms with Gasteiger partial charge in [-0.15, -0.1) is 0 Å². The zero-order valence-electron chi connectivity index (χ0n) is 8.00. The molecule has 1 aromatic carbocycles. The number of halogens is 1. The molecule has 78 valence electrons. The summed E-state index contributed by atoms with van der Waals surface area (Å²) in [6.07, 6.45) is 3.59. The van der Waals surface area contributed by atoms with Crippen LogP contribution in [0.2, 0.25) is 5.02 Å². The van der Waals surface area contributed by atoms with Gasteiger partial charge in [0.05, 0.1) is 16.9 Å². The first kappa shape index (κ1) is 9.86. The molecule has 2 rings (SSSR count). The molecule has 0 aliphatic heterocycles. The van der Waals surface area contributed by atoms with Crippen LogP contribution in [-0.2, 0) is 6.54 Å². The van der Waals surface area contributed by atoms with E-state index in [1.54, 1.807) is 12.3 Å². The van der Waals surface area contributed by atoms with Gasteiger partial charge in [-0.25, -0.2) is 0 Å². The van der Waals surface area contributed by atoms with Gasteiger partial charge in [0.2, 0.25) is 0 Å². The second-order valence-corrected chi connectivity index (χ2v) is 3.61. The lowest BCUT2D eigenvalue weighted by Gasteiger charge is -2.07. The molecule has 2 aromatic rings. The van der Waals surface area contributed by atoms with Crippen LogP contribution in [0.4, 0.5) is 11.4 Å². The standard InChI is InChI=1S/C10H11ClN4/c11-9-3-8(12)1-2-10(9)13-4-7-5-14-15-6-7/h1-3,5-6,13H,4,12H2,(H,14,15). The molecule has 0 bridgehead atoms. The normalized spacial score (nSPS) is 10.2. The monoisotopic (exact) mass is 222 g/mol. The van der Waals surface area contributed by atoms with Crippen LogP contribution in [0.5, 0.6) is 0 Å². The van der Waals surface area contributed by atoms with Crippen molar-refractivity contribution in [2.24, 2.45) is 0 Å². The van der Waals surface area contributed by atoms with Gasteiger partial charge < -0.3 is 11.1 Å². The average molecular weight is 223 g/mol. The third-order valence-corrected chi connectivity index (χ3v) is 2.34. The fraction of sp³-hybridized carbons (Fsp3) is 0.100. The Bertz CT molecular complexity index is 439. The second-order valence-electron chi connectivity index (χ2n) is 3.20. The molecule has 15 heavy (non-hydrogen) atoms. The van der Waals surface area contributed by atoms with E-state index in [4.69, 9.17) is 17.3 Å². The Labute approximate surface area is 92.4 Å². The zero-order chi connectivity index (χ0) is 10.7. The molecule has 0 saturated carbocycles. The van der Waals surface area contributed by atoms with Crippen molar-refractivity contribution >= 4 is 23.0 Å². The Morgan fingerprint density at radius 2 is 2.33 bits per heavy atom. The predicted octanol–water partition coefficient (Wildman–Crippen LogP) is 2.26. The van der Waals surface area contributed by atoms with Gasteiger partial charge in [-0.1, -0.05) is 11.6 Å². The topological polar surface area (TPSA) is 66.7 Å². The molecule has 0 unspecified atom stereocenters. The molecule has 0 saturated heterocycles. The van der Waals surface area contributed by atoms with Crippen molar-refractivity contribution in [2.75, 3.05) is 11.1 Å². The number of nitrogens with one attached hydrogen (secondary N) is 2. The maximum Gasteiger partial charge on any atom is 0.0658 e. The molecule has 1 aromatic heterocycles. The van der Waals surface area contributed by atoms with Gasteiger partial charge in [0.1, 0.15) is 0 Å². The molecular weight excluding hydrogens is 212 g/mol. The highest BCUT2D eigenvalue weighted by atomic mass is 35.5. The first-order valence-corrected chi connectivity index (χ1v) is 4.90. The van der Waals surface area contributed by atoms with E-state index in [1.807, 2.05) is 18.3 Å². The maximum atomic E-state index is 6.00. The van der Waals surface area contributed by atoms with Crippen molar-refractivity contribution in [1.82, 2.24) is 10.2 Å². The number of nitrogens with zero attached hydrogens (tertiary/aromatic N) is 1. The summed E-state index contributed by atoms with van der Waals surface area (Å²) in [6, 6.07) is 5.39. The highest BCUT2D eigenvalue weighted by Crippen LogP contribution is 2.24. The first-order chi connectivity index (χ1) is 7.25. The summed E-state index contributed by atoms with van der Waals surface area (Å²) in [4.78, 5) is 0. The largest absolute Gasteiger partial charge is 0.399 e. The number of hydrogen-bond acceptors (Lipinski definition) is 3.